The van der Waals surface area contributed by atoms with E-state index >= 15 is 0 Å². The van der Waals surface area contributed by atoms with Crippen molar-refractivity contribution in [2.45, 2.75) is 20.3 Å². The summed E-state index contributed by atoms with van der Waals surface area (Å²) in [5, 5.41) is 4.97. The number of aryl methyl sites for hydroxylation is 2. The van der Waals surface area contributed by atoms with Crippen LogP contribution >= 0.6 is 11.3 Å². The van der Waals surface area contributed by atoms with Gasteiger partial charge in [-0.1, -0.05) is 12.1 Å². The van der Waals surface area contributed by atoms with Crippen molar-refractivity contribution < 1.29 is 9.21 Å². The summed E-state index contributed by atoms with van der Waals surface area (Å²) in [6.45, 7) is 4.00. The Balaban J connectivity index is 1.54. The fourth-order valence-electron chi connectivity index (χ4n) is 2.82. The standard InChI is InChI=1S/C19H16N2O2S/c1-11-3-5-15-13(10-23-17(15)7-11)8-19(22)21-14-4-6-16-18(9-14)24-12(2)20-16/h3-7,9-10H,8H2,1-2H3,(H,21,22). The molecule has 4 nitrogen and oxygen atoms in total. The average molecular weight is 336 g/mol. The van der Waals surface area contributed by atoms with Gasteiger partial charge in [-0.05, 0) is 43.7 Å². The van der Waals surface area contributed by atoms with Gasteiger partial charge in [0.25, 0.3) is 0 Å². The smallest absolute Gasteiger partial charge is 0.228 e. The Kier molecular flexibility index (Phi) is 3.58. The highest BCUT2D eigenvalue weighted by Gasteiger charge is 2.11. The number of anilines is 1. The predicted octanol–water partition coefficient (Wildman–Crippen LogP) is 4.84. The van der Waals surface area contributed by atoms with E-state index < -0.39 is 0 Å². The molecule has 0 unspecified atom stereocenters. The number of carbonyl (C=O) groups excluding carboxylic acids is 1. The van der Waals surface area contributed by atoms with Gasteiger partial charge < -0.3 is 9.73 Å². The van der Waals surface area contributed by atoms with Crippen LogP contribution in [0.1, 0.15) is 16.1 Å². The zero-order valence-corrected chi connectivity index (χ0v) is 14.2. The number of rotatable bonds is 3. The first kappa shape index (κ1) is 14.9. The summed E-state index contributed by atoms with van der Waals surface area (Å²) in [7, 11) is 0. The third-order valence-corrected chi connectivity index (χ3v) is 4.87. The highest BCUT2D eigenvalue weighted by molar-refractivity contribution is 7.18. The summed E-state index contributed by atoms with van der Waals surface area (Å²) in [5.41, 5.74) is 4.61. The van der Waals surface area contributed by atoms with Gasteiger partial charge in [0.15, 0.2) is 0 Å². The second-order valence-corrected chi connectivity index (χ2v) is 7.14. The Labute approximate surface area is 143 Å². The molecule has 0 aliphatic rings. The van der Waals surface area contributed by atoms with Gasteiger partial charge in [-0.15, -0.1) is 11.3 Å². The molecule has 2 heterocycles. The second-order valence-electron chi connectivity index (χ2n) is 5.90. The summed E-state index contributed by atoms with van der Waals surface area (Å²) in [4.78, 5) is 16.8. The first-order valence-corrected chi connectivity index (χ1v) is 8.54. The van der Waals surface area contributed by atoms with Crippen LogP contribution in [0.2, 0.25) is 0 Å². The van der Waals surface area contributed by atoms with Gasteiger partial charge in [0.2, 0.25) is 5.91 Å². The summed E-state index contributed by atoms with van der Waals surface area (Å²) in [5.74, 6) is -0.0566. The fraction of sp³-hybridized carbons (Fsp3) is 0.158. The van der Waals surface area contributed by atoms with E-state index in [4.69, 9.17) is 4.42 Å². The molecule has 2 aromatic heterocycles. The molecule has 0 aliphatic carbocycles. The lowest BCUT2D eigenvalue weighted by molar-refractivity contribution is -0.115. The maximum Gasteiger partial charge on any atom is 0.228 e. The normalized spacial score (nSPS) is 11.2. The maximum atomic E-state index is 12.4. The van der Waals surface area contributed by atoms with Crippen molar-refractivity contribution in [1.82, 2.24) is 4.98 Å². The molecule has 4 rings (SSSR count). The van der Waals surface area contributed by atoms with E-state index in [0.29, 0.717) is 0 Å². The van der Waals surface area contributed by atoms with Crippen LogP contribution < -0.4 is 5.32 Å². The lowest BCUT2D eigenvalue weighted by Gasteiger charge is -2.04. The van der Waals surface area contributed by atoms with Crippen molar-refractivity contribution >= 4 is 44.1 Å². The third-order valence-electron chi connectivity index (χ3n) is 3.94. The second kappa shape index (κ2) is 5.76. The number of hydrogen-bond acceptors (Lipinski definition) is 4. The molecule has 0 fully saturated rings. The predicted molar refractivity (Wildman–Crippen MR) is 97.6 cm³/mol. The molecule has 0 saturated carbocycles. The van der Waals surface area contributed by atoms with Crippen molar-refractivity contribution in [2.75, 3.05) is 5.32 Å². The SMILES string of the molecule is Cc1ccc2c(CC(=O)Nc3ccc4nc(C)sc4c3)coc2c1. The quantitative estimate of drug-likeness (QED) is 0.582. The van der Waals surface area contributed by atoms with Crippen LogP contribution in [0.3, 0.4) is 0 Å². The molecular weight excluding hydrogens is 320 g/mol. The Morgan fingerprint density at radius 1 is 1.21 bits per heavy atom. The van der Waals surface area contributed by atoms with Crippen LogP contribution in [0, 0.1) is 13.8 Å². The number of nitrogens with zero attached hydrogens (tertiary/aromatic N) is 1. The van der Waals surface area contributed by atoms with E-state index in [-0.39, 0.29) is 12.3 Å². The molecule has 2 aromatic carbocycles. The monoisotopic (exact) mass is 336 g/mol. The molecule has 0 aliphatic heterocycles. The number of hydrogen-bond donors (Lipinski definition) is 1. The number of nitrogens with one attached hydrogen (secondary N) is 1. The number of carbonyl (C=O) groups is 1. The molecule has 0 radical (unpaired) electrons. The topological polar surface area (TPSA) is 55.1 Å². The molecule has 4 aromatic rings. The minimum absolute atomic E-state index is 0.0566. The molecule has 1 amide bonds. The van der Waals surface area contributed by atoms with Gasteiger partial charge in [-0.2, -0.15) is 0 Å². The Morgan fingerprint density at radius 3 is 2.96 bits per heavy atom. The van der Waals surface area contributed by atoms with Crippen LogP contribution in [-0.2, 0) is 11.2 Å². The van der Waals surface area contributed by atoms with Crippen LogP contribution in [0.4, 0.5) is 5.69 Å². The largest absolute Gasteiger partial charge is 0.464 e. The number of fused-ring (bicyclic) bond motifs is 2. The van der Waals surface area contributed by atoms with Crippen LogP contribution in [0.25, 0.3) is 21.2 Å². The van der Waals surface area contributed by atoms with Gasteiger partial charge in [-0.3, -0.25) is 4.79 Å². The van der Waals surface area contributed by atoms with Crippen LogP contribution in [0.5, 0.6) is 0 Å². The van der Waals surface area contributed by atoms with Crippen molar-refractivity contribution in [3.05, 3.63) is 58.8 Å². The molecular formula is C19H16N2O2S. The van der Waals surface area contributed by atoms with Crippen molar-refractivity contribution in [2.24, 2.45) is 0 Å². The highest BCUT2D eigenvalue weighted by Crippen LogP contribution is 2.26. The maximum absolute atomic E-state index is 12.4. The van der Waals surface area contributed by atoms with Crippen molar-refractivity contribution in [3.8, 4) is 0 Å². The summed E-state index contributed by atoms with van der Waals surface area (Å²) >= 11 is 1.62. The van der Waals surface area contributed by atoms with Gasteiger partial charge in [0.05, 0.1) is 27.9 Å². The molecule has 5 heteroatoms. The van der Waals surface area contributed by atoms with Crippen LogP contribution in [-0.4, -0.2) is 10.9 Å². The minimum Gasteiger partial charge on any atom is -0.464 e. The van der Waals surface area contributed by atoms with E-state index in [1.165, 1.54) is 0 Å². The first-order valence-electron chi connectivity index (χ1n) is 7.72. The minimum atomic E-state index is -0.0566. The number of thiazole rings is 1. The summed E-state index contributed by atoms with van der Waals surface area (Å²) in [6.07, 6.45) is 1.95. The number of furan rings is 1. The van der Waals surface area contributed by atoms with E-state index in [2.05, 4.69) is 10.3 Å². The average Bonchev–Trinajstić information content (AvgIpc) is 3.09. The summed E-state index contributed by atoms with van der Waals surface area (Å²) < 4.78 is 6.63. The van der Waals surface area contributed by atoms with Crippen LogP contribution in [0.15, 0.2) is 47.1 Å². The zero-order chi connectivity index (χ0) is 16.7. The molecule has 0 spiro atoms. The number of aromatic nitrogens is 1. The first-order chi connectivity index (χ1) is 11.6. The summed E-state index contributed by atoms with van der Waals surface area (Å²) in [6, 6.07) is 11.8. The van der Waals surface area contributed by atoms with E-state index in [1.54, 1.807) is 17.6 Å². The van der Waals surface area contributed by atoms with Gasteiger partial charge in [0, 0.05) is 16.6 Å². The van der Waals surface area contributed by atoms with Crippen molar-refractivity contribution in [1.29, 1.82) is 0 Å². The lowest BCUT2D eigenvalue weighted by atomic mass is 10.1. The Bertz CT molecular complexity index is 1060. The number of amides is 1. The van der Waals surface area contributed by atoms with Gasteiger partial charge >= 0.3 is 0 Å². The third kappa shape index (κ3) is 2.78. The Hall–Kier alpha value is -2.66. The molecule has 0 bridgehead atoms. The molecule has 1 N–H and O–H groups in total. The molecule has 0 atom stereocenters. The highest BCUT2D eigenvalue weighted by atomic mass is 32.1. The number of benzene rings is 2. The zero-order valence-electron chi connectivity index (χ0n) is 13.4. The molecule has 0 saturated heterocycles. The van der Waals surface area contributed by atoms with E-state index in [9.17, 15) is 4.79 Å². The Morgan fingerprint density at radius 2 is 2.08 bits per heavy atom. The van der Waals surface area contributed by atoms with Crippen molar-refractivity contribution in [3.63, 3.8) is 0 Å². The molecule has 120 valence electrons. The van der Waals surface area contributed by atoms with E-state index in [1.807, 2.05) is 50.2 Å². The fourth-order valence-corrected chi connectivity index (χ4v) is 3.69. The van der Waals surface area contributed by atoms with Gasteiger partial charge in [-0.25, -0.2) is 4.98 Å². The molecule has 24 heavy (non-hydrogen) atoms. The van der Waals surface area contributed by atoms with Gasteiger partial charge in [0.1, 0.15) is 5.58 Å². The van der Waals surface area contributed by atoms with E-state index in [0.717, 1.165) is 43.0 Å². The lowest BCUT2D eigenvalue weighted by Crippen LogP contribution is -2.14.